The van der Waals surface area contributed by atoms with Crippen molar-refractivity contribution in [3.8, 4) is 5.75 Å². The fraction of sp³-hybridized carbons (Fsp3) is 0.304. The molecule has 2 unspecified atom stereocenters. The molecule has 2 atom stereocenters. The van der Waals surface area contributed by atoms with Gasteiger partial charge in [-0.15, -0.1) is 6.58 Å². The summed E-state index contributed by atoms with van der Waals surface area (Å²) in [5.74, 6) is -0.141. The summed E-state index contributed by atoms with van der Waals surface area (Å²) in [5.41, 5.74) is 2.66. The second-order valence-corrected chi connectivity index (χ2v) is 7.07. The number of ether oxygens (including phenoxy) is 1. The third kappa shape index (κ3) is 4.65. The molecule has 1 heterocycles. The van der Waals surface area contributed by atoms with Crippen LogP contribution in [0.4, 0.5) is 4.39 Å². The Hall–Kier alpha value is -3.15. The molecule has 5 nitrogen and oxygen atoms in total. The van der Waals surface area contributed by atoms with Crippen LogP contribution < -0.4 is 10.1 Å². The van der Waals surface area contributed by atoms with Crippen molar-refractivity contribution in [2.45, 2.75) is 32.4 Å². The van der Waals surface area contributed by atoms with Gasteiger partial charge in [0.1, 0.15) is 11.6 Å². The fourth-order valence-corrected chi connectivity index (χ4v) is 3.62. The minimum atomic E-state index is -0.687. The third-order valence-electron chi connectivity index (χ3n) is 5.02. The number of carbonyl (C=O) groups is 2. The van der Waals surface area contributed by atoms with Crippen LogP contribution in [0.15, 0.2) is 55.1 Å². The predicted octanol–water partition coefficient (Wildman–Crippen LogP) is 3.39. The molecule has 3 rings (SSSR count). The molecule has 1 N–H and O–H groups in total. The highest BCUT2D eigenvalue weighted by molar-refractivity contribution is 5.80. The van der Waals surface area contributed by atoms with Gasteiger partial charge < -0.3 is 15.0 Å². The first kappa shape index (κ1) is 20.6. The van der Waals surface area contributed by atoms with Crippen molar-refractivity contribution in [2.75, 3.05) is 13.1 Å². The Labute approximate surface area is 170 Å². The van der Waals surface area contributed by atoms with Gasteiger partial charge >= 0.3 is 0 Å². The molecule has 29 heavy (non-hydrogen) atoms. The van der Waals surface area contributed by atoms with Crippen molar-refractivity contribution in [1.82, 2.24) is 10.2 Å². The summed E-state index contributed by atoms with van der Waals surface area (Å²) in [6.07, 6.45) is 1.62. The molecule has 0 radical (unpaired) electrons. The van der Waals surface area contributed by atoms with Gasteiger partial charge in [-0.25, -0.2) is 4.39 Å². The van der Waals surface area contributed by atoms with Crippen molar-refractivity contribution >= 4 is 11.8 Å². The van der Waals surface area contributed by atoms with E-state index >= 15 is 0 Å². The number of nitrogens with zero attached hydrogens (tertiary/aromatic N) is 1. The van der Waals surface area contributed by atoms with E-state index in [1.54, 1.807) is 24.0 Å². The summed E-state index contributed by atoms with van der Waals surface area (Å²) in [4.78, 5) is 26.1. The van der Waals surface area contributed by atoms with Crippen LogP contribution in [0, 0.1) is 5.82 Å². The minimum absolute atomic E-state index is 0.0756. The number of rotatable bonds is 6. The quantitative estimate of drug-likeness (QED) is 0.762. The van der Waals surface area contributed by atoms with E-state index < -0.39 is 12.1 Å². The lowest BCUT2D eigenvalue weighted by atomic mass is 9.88. The second kappa shape index (κ2) is 8.90. The van der Waals surface area contributed by atoms with Gasteiger partial charge in [0.05, 0.1) is 6.04 Å². The number of halogens is 1. The fourth-order valence-electron chi connectivity index (χ4n) is 3.62. The molecule has 2 aromatic rings. The van der Waals surface area contributed by atoms with Crippen LogP contribution in [-0.2, 0) is 16.0 Å². The van der Waals surface area contributed by atoms with Crippen LogP contribution in [0.3, 0.4) is 0 Å². The van der Waals surface area contributed by atoms with E-state index in [2.05, 4.69) is 11.9 Å². The van der Waals surface area contributed by atoms with Crippen LogP contribution in [0.5, 0.6) is 5.75 Å². The molecule has 6 heteroatoms. The molecule has 0 saturated carbocycles. The molecule has 0 saturated heterocycles. The van der Waals surface area contributed by atoms with Crippen molar-refractivity contribution in [1.29, 1.82) is 0 Å². The molecule has 0 bridgehead atoms. The van der Waals surface area contributed by atoms with E-state index in [4.69, 9.17) is 4.74 Å². The number of nitrogens with one attached hydrogen (secondary N) is 1. The molecule has 2 amide bonds. The Morgan fingerprint density at radius 1 is 1.34 bits per heavy atom. The number of hydrogen-bond acceptors (Lipinski definition) is 3. The maximum absolute atomic E-state index is 13.9. The first-order chi connectivity index (χ1) is 13.9. The van der Waals surface area contributed by atoms with Gasteiger partial charge in [0, 0.05) is 20.0 Å². The van der Waals surface area contributed by atoms with E-state index in [0.717, 1.165) is 11.1 Å². The summed E-state index contributed by atoms with van der Waals surface area (Å²) < 4.78 is 19.7. The summed E-state index contributed by atoms with van der Waals surface area (Å²) in [6.45, 7) is 7.69. The third-order valence-corrected chi connectivity index (χ3v) is 5.02. The van der Waals surface area contributed by atoms with Crippen LogP contribution >= 0.6 is 0 Å². The summed E-state index contributed by atoms with van der Waals surface area (Å²) in [6, 6.07) is 11.5. The van der Waals surface area contributed by atoms with E-state index in [9.17, 15) is 14.0 Å². The average Bonchev–Trinajstić information content (AvgIpc) is 2.70. The van der Waals surface area contributed by atoms with Crippen molar-refractivity contribution in [3.05, 3.63) is 77.6 Å². The molecule has 1 aliphatic rings. The highest BCUT2D eigenvalue weighted by Crippen LogP contribution is 2.37. The lowest BCUT2D eigenvalue weighted by Crippen LogP contribution is -2.39. The maximum Gasteiger partial charge on any atom is 0.261 e. The molecule has 1 aliphatic heterocycles. The Kier molecular flexibility index (Phi) is 6.32. The molecule has 0 fully saturated rings. The number of benzene rings is 2. The molecule has 0 spiro atoms. The number of fused-ring (bicyclic) bond motifs is 1. The summed E-state index contributed by atoms with van der Waals surface area (Å²) >= 11 is 0. The van der Waals surface area contributed by atoms with E-state index in [1.807, 2.05) is 24.3 Å². The lowest BCUT2D eigenvalue weighted by molar-refractivity contribution is -0.130. The van der Waals surface area contributed by atoms with Crippen LogP contribution in [0.1, 0.15) is 36.6 Å². The van der Waals surface area contributed by atoms with E-state index in [0.29, 0.717) is 30.8 Å². The largest absolute Gasteiger partial charge is 0.481 e. The predicted molar refractivity (Wildman–Crippen MR) is 109 cm³/mol. The van der Waals surface area contributed by atoms with Crippen LogP contribution in [-0.4, -0.2) is 35.9 Å². The zero-order valence-corrected chi connectivity index (χ0v) is 16.7. The van der Waals surface area contributed by atoms with Gasteiger partial charge in [-0.05, 0) is 54.3 Å². The number of hydrogen-bond donors (Lipinski definition) is 1. The van der Waals surface area contributed by atoms with E-state index in [1.165, 1.54) is 19.1 Å². The van der Waals surface area contributed by atoms with Gasteiger partial charge in [0.25, 0.3) is 5.91 Å². The Bertz CT molecular complexity index is 928. The molecule has 0 aliphatic carbocycles. The first-order valence-corrected chi connectivity index (χ1v) is 9.61. The van der Waals surface area contributed by atoms with Crippen molar-refractivity contribution in [3.63, 3.8) is 0 Å². The molecular weight excluding hydrogens is 371 g/mol. The second-order valence-electron chi connectivity index (χ2n) is 7.07. The monoisotopic (exact) mass is 396 g/mol. The highest BCUT2D eigenvalue weighted by atomic mass is 19.1. The molecular formula is C23H25FN2O3. The van der Waals surface area contributed by atoms with Gasteiger partial charge in [0.2, 0.25) is 5.91 Å². The Morgan fingerprint density at radius 2 is 2.14 bits per heavy atom. The Balaban J connectivity index is 1.94. The summed E-state index contributed by atoms with van der Waals surface area (Å²) in [7, 11) is 0. The topological polar surface area (TPSA) is 58.6 Å². The molecule has 152 valence electrons. The van der Waals surface area contributed by atoms with Crippen LogP contribution in [0.2, 0.25) is 0 Å². The van der Waals surface area contributed by atoms with Gasteiger partial charge in [0.15, 0.2) is 6.10 Å². The molecule has 0 aromatic heterocycles. The van der Waals surface area contributed by atoms with E-state index in [-0.39, 0.29) is 17.6 Å². The SMILES string of the molecule is C=CCNC(=O)C(C)Oc1ccc2c(c1)C(c1cccc(F)c1)N(C(C)=O)CC2. The Morgan fingerprint density at radius 3 is 2.83 bits per heavy atom. The molecule has 2 aromatic carbocycles. The lowest BCUT2D eigenvalue weighted by Gasteiger charge is -2.37. The van der Waals surface area contributed by atoms with Crippen molar-refractivity contribution < 1.29 is 18.7 Å². The standard InChI is InChI=1S/C23H25FN2O3/c1-4-11-25-23(28)15(2)29-20-9-8-17-10-12-26(16(3)27)22(21(17)14-20)18-6-5-7-19(24)13-18/h4-9,13-15,22H,1,10-12H2,2-3H3,(H,25,28). The van der Waals surface area contributed by atoms with Gasteiger partial charge in [-0.1, -0.05) is 24.3 Å². The first-order valence-electron chi connectivity index (χ1n) is 9.61. The van der Waals surface area contributed by atoms with Crippen LogP contribution in [0.25, 0.3) is 0 Å². The van der Waals surface area contributed by atoms with Gasteiger partial charge in [-0.2, -0.15) is 0 Å². The average molecular weight is 396 g/mol. The minimum Gasteiger partial charge on any atom is -0.481 e. The number of carbonyl (C=O) groups excluding carboxylic acids is 2. The summed E-state index contributed by atoms with van der Waals surface area (Å²) in [5, 5.41) is 2.70. The van der Waals surface area contributed by atoms with Gasteiger partial charge in [-0.3, -0.25) is 9.59 Å². The van der Waals surface area contributed by atoms with Crippen molar-refractivity contribution in [2.24, 2.45) is 0 Å². The highest BCUT2D eigenvalue weighted by Gasteiger charge is 2.31. The zero-order chi connectivity index (χ0) is 21.0. The zero-order valence-electron chi connectivity index (χ0n) is 16.7. The number of amides is 2. The maximum atomic E-state index is 13.9. The smallest absolute Gasteiger partial charge is 0.261 e. The normalized spacial score (nSPS) is 16.5.